The fourth-order valence-corrected chi connectivity index (χ4v) is 5.21. The highest BCUT2D eigenvalue weighted by atomic mass is 127. The van der Waals surface area contributed by atoms with Gasteiger partial charge in [0.2, 0.25) is 0 Å². The SMILES string of the molecule is CCCCc1oc2ccccc2c1C(=O)c1cc(I)c(OCCBr)c(I)c1. The van der Waals surface area contributed by atoms with Crippen LogP contribution in [0, 0.1) is 7.14 Å². The molecule has 0 spiro atoms. The highest BCUT2D eigenvalue weighted by Crippen LogP contribution is 2.33. The van der Waals surface area contributed by atoms with Crippen LogP contribution < -0.4 is 4.74 Å². The van der Waals surface area contributed by atoms with Gasteiger partial charge in [-0.25, -0.2) is 0 Å². The van der Waals surface area contributed by atoms with Crippen LogP contribution in [0.4, 0.5) is 0 Å². The summed E-state index contributed by atoms with van der Waals surface area (Å²) in [6, 6.07) is 11.6. The fraction of sp³-hybridized carbons (Fsp3) is 0.286. The van der Waals surface area contributed by atoms with Crippen molar-refractivity contribution in [2.24, 2.45) is 0 Å². The number of unbranched alkanes of at least 4 members (excludes halogenated alkanes) is 1. The standard InChI is InChI=1S/C21H19BrI2O3/c1-2-3-7-18-19(14-6-4-5-8-17(14)27-18)20(25)13-11-15(23)21(16(24)12-13)26-10-9-22/h4-6,8,11-12H,2-3,7,9-10H2,1H3. The smallest absolute Gasteiger partial charge is 0.197 e. The Morgan fingerprint density at radius 3 is 2.56 bits per heavy atom. The monoisotopic (exact) mass is 652 g/mol. The summed E-state index contributed by atoms with van der Waals surface area (Å²) in [4.78, 5) is 13.4. The zero-order valence-electron chi connectivity index (χ0n) is 14.9. The molecule has 0 fully saturated rings. The van der Waals surface area contributed by atoms with Gasteiger partial charge in [-0.05, 0) is 69.8 Å². The predicted molar refractivity (Wildman–Crippen MR) is 129 cm³/mol. The van der Waals surface area contributed by atoms with Crippen LogP contribution in [-0.2, 0) is 6.42 Å². The predicted octanol–water partition coefficient (Wildman–Crippen LogP) is 6.99. The number of aryl methyl sites for hydroxylation is 1. The Labute approximate surface area is 194 Å². The Balaban J connectivity index is 2.05. The molecule has 0 aliphatic rings. The molecule has 1 heterocycles. The van der Waals surface area contributed by atoms with Crippen molar-refractivity contribution in [3.63, 3.8) is 0 Å². The maximum absolute atomic E-state index is 13.4. The lowest BCUT2D eigenvalue weighted by atomic mass is 9.98. The number of rotatable bonds is 8. The van der Waals surface area contributed by atoms with Gasteiger partial charge in [0.25, 0.3) is 0 Å². The number of ether oxygens (including phenoxy) is 1. The molecule has 0 aliphatic heterocycles. The Hall–Kier alpha value is -0.610. The minimum absolute atomic E-state index is 0.00827. The van der Waals surface area contributed by atoms with E-state index in [1.54, 1.807) is 0 Å². The topological polar surface area (TPSA) is 39.4 Å². The number of carbonyl (C=O) groups is 1. The van der Waals surface area contributed by atoms with E-state index in [-0.39, 0.29) is 5.78 Å². The number of hydrogen-bond donors (Lipinski definition) is 0. The molecule has 3 rings (SSSR count). The van der Waals surface area contributed by atoms with Gasteiger partial charge in [-0.2, -0.15) is 0 Å². The minimum Gasteiger partial charge on any atom is -0.490 e. The molecule has 3 aromatic rings. The zero-order chi connectivity index (χ0) is 19.4. The van der Waals surface area contributed by atoms with Crippen LogP contribution in [0.3, 0.4) is 0 Å². The van der Waals surface area contributed by atoms with Crippen LogP contribution in [-0.4, -0.2) is 17.7 Å². The summed E-state index contributed by atoms with van der Waals surface area (Å²) < 4.78 is 13.7. The molecule has 0 radical (unpaired) electrons. The molecule has 142 valence electrons. The second kappa shape index (κ2) is 9.73. The maximum Gasteiger partial charge on any atom is 0.197 e. The second-order valence-corrected chi connectivity index (χ2v) is 9.25. The maximum atomic E-state index is 13.4. The Kier molecular flexibility index (Phi) is 7.61. The van der Waals surface area contributed by atoms with E-state index in [1.807, 2.05) is 36.4 Å². The van der Waals surface area contributed by atoms with Crippen LogP contribution in [0.5, 0.6) is 5.75 Å². The lowest BCUT2D eigenvalue weighted by Crippen LogP contribution is -2.07. The van der Waals surface area contributed by atoms with E-state index in [4.69, 9.17) is 9.15 Å². The van der Waals surface area contributed by atoms with Crippen molar-refractivity contribution < 1.29 is 13.9 Å². The summed E-state index contributed by atoms with van der Waals surface area (Å²) in [5.41, 5.74) is 2.13. The third-order valence-electron chi connectivity index (χ3n) is 4.24. The zero-order valence-corrected chi connectivity index (χ0v) is 20.8. The lowest BCUT2D eigenvalue weighted by Gasteiger charge is -2.11. The van der Waals surface area contributed by atoms with Crippen molar-refractivity contribution >= 4 is 77.9 Å². The van der Waals surface area contributed by atoms with Gasteiger partial charge in [-0.1, -0.05) is 47.5 Å². The van der Waals surface area contributed by atoms with Gasteiger partial charge in [0.15, 0.2) is 5.78 Å². The summed E-state index contributed by atoms with van der Waals surface area (Å²) in [5.74, 6) is 1.62. The van der Waals surface area contributed by atoms with E-state index in [2.05, 4.69) is 68.0 Å². The van der Waals surface area contributed by atoms with Crippen molar-refractivity contribution in [3.05, 3.63) is 60.4 Å². The summed E-state index contributed by atoms with van der Waals surface area (Å²) in [7, 11) is 0. The van der Waals surface area contributed by atoms with Crippen LogP contribution >= 0.6 is 61.1 Å². The molecule has 3 nitrogen and oxygen atoms in total. The van der Waals surface area contributed by atoms with Crippen molar-refractivity contribution in [1.82, 2.24) is 0 Å². The molecule has 27 heavy (non-hydrogen) atoms. The highest BCUT2D eigenvalue weighted by Gasteiger charge is 2.23. The summed E-state index contributed by atoms with van der Waals surface area (Å²) in [6.07, 6.45) is 2.82. The number of benzene rings is 2. The lowest BCUT2D eigenvalue weighted by molar-refractivity contribution is 0.103. The highest BCUT2D eigenvalue weighted by molar-refractivity contribution is 14.1. The first-order chi connectivity index (χ1) is 13.1. The number of fused-ring (bicyclic) bond motifs is 1. The van der Waals surface area contributed by atoms with Crippen LogP contribution in [0.15, 0.2) is 40.8 Å². The van der Waals surface area contributed by atoms with Gasteiger partial charge in [0.05, 0.1) is 19.3 Å². The average molecular weight is 653 g/mol. The van der Waals surface area contributed by atoms with Gasteiger partial charge in [0.1, 0.15) is 17.1 Å². The van der Waals surface area contributed by atoms with E-state index >= 15 is 0 Å². The van der Waals surface area contributed by atoms with E-state index in [9.17, 15) is 4.79 Å². The van der Waals surface area contributed by atoms with Crippen molar-refractivity contribution in [3.8, 4) is 5.75 Å². The van der Waals surface area contributed by atoms with Crippen LogP contribution in [0.1, 0.15) is 41.4 Å². The normalized spacial score (nSPS) is 11.1. The second-order valence-electron chi connectivity index (χ2n) is 6.14. The summed E-state index contributed by atoms with van der Waals surface area (Å²) in [6.45, 7) is 2.73. The number of ketones is 1. The van der Waals surface area contributed by atoms with E-state index in [0.717, 1.165) is 54.2 Å². The number of para-hydroxylation sites is 1. The number of alkyl halides is 1. The number of carbonyl (C=O) groups excluding carboxylic acids is 1. The largest absolute Gasteiger partial charge is 0.490 e. The molecular formula is C21H19BrI2O3. The summed E-state index contributed by atoms with van der Waals surface area (Å²) >= 11 is 7.84. The van der Waals surface area contributed by atoms with Crippen molar-refractivity contribution in [1.29, 1.82) is 0 Å². The molecule has 1 aromatic heterocycles. The molecule has 0 amide bonds. The molecule has 0 bridgehead atoms. The molecule has 0 atom stereocenters. The van der Waals surface area contributed by atoms with Crippen molar-refractivity contribution in [2.75, 3.05) is 11.9 Å². The van der Waals surface area contributed by atoms with Gasteiger partial charge in [-0.15, -0.1) is 0 Å². The third kappa shape index (κ3) is 4.70. The Morgan fingerprint density at radius 1 is 1.19 bits per heavy atom. The number of furan rings is 1. The first-order valence-corrected chi connectivity index (χ1v) is 12.1. The molecule has 0 saturated heterocycles. The quantitative estimate of drug-likeness (QED) is 0.150. The average Bonchev–Trinajstić information content (AvgIpc) is 3.03. The molecule has 2 aromatic carbocycles. The molecule has 0 unspecified atom stereocenters. The number of halogens is 3. The number of hydrogen-bond acceptors (Lipinski definition) is 3. The summed E-state index contributed by atoms with van der Waals surface area (Å²) in [5, 5.41) is 1.65. The van der Waals surface area contributed by atoms with E-state index in [1.165, 1.54) is 0 Å². The molecule has 0 aliphatic carbocycles. The van der Waals surface area contributed by atoms with Crippen molar-refractivity contribution in [2.45, 2.75) is 26.2 Å². The van der Waals surface area contributed by atoms with Gasteiger partial charge < -0.3 is 9.15 Å². The molecular weight excluding hydrogens is 634 g/mol. The Morgan fingerprint density at radius 2 is 1.89 bits per heavy atom. The first kappa shape index (κ1) is 21.1. The van der Waals surface area contributed by atoms with Gasteiger partial charge in [0, 0.05) is 22.7 Å². The molecule has 6 heteroatoms. The first-order valence-electron chi connectivity index (χ1n) is 8.79. The minimum atomic E-state index is 0.00827. The Bertz CT molecular complexity index is 942. The van der Waals surface area contributed by atoms with Gasteiger partial charge >= 0.3 is 0 Å². The third-order valence-corrected chi connectivity index (χ3v) is 6.16. The van der Waals surface area contributed by atoms with Crippen LogP contribution in [0.2, 0.25) is 0 Å². The van der Waals surface area contributed by atoms with Crippen LogP contribution in [0.25, 0.3) is 11.0 Å². The van der Waals surface area contributed by atoms with E-state index in [0.29, 0.717) is 17.7 Å². The van der Waals surface area contributed by atoms with E-state index < -0.39 is 0 Å². The molecule has 0 saturated carbocycles. The van der Waals surface area contributed by atoms with Gasteiger partial charge in [-0.3, -0.25) is 4.79 Å². The fourth-order valence-electron chi connectivity index (χ4n) is 2.97. The molecule has 0 N–H and O–H groups in total.